The lowest BCUT2D eigenvalue weighted by Gasteiger charge is -2.42. The Morgan fingerprint density at radius 1 is 0.958 bits per heavy atom. The topological polar surface area (TPSA) is 54.0 Å². The van der Waals surface area contributed by atoms with E-state index >= 15 is 0 Å². The number of benzene rings is 2. The Labute approximate surface area is 138 Å². The van der Waals surface area contributed by atoms with Crippen LogP contribution in [0.3, 0.4) is 0 Å². The molecule has 2 atom stereocenters. The molecule has 2 aliphatic heterocycles. The summed E-state index contributed by atoms with van der Waals surface area (Å²) in [5, 5.41) is 1.96. The van der Waals surface area contributed by atoms with E-state index in [-0.39, 0.29) is 5.78 Å². The first kappa shape index (κ1) is 14.0. The van der Waals surface area contributed by atoms with Crippen molar-refractivity contribution in [1.82, 2.24) is 0 Å². The Morgan fingerprint density at radius 2 is 1.62 bits per heavy atom. The number of ketones is 1. The molecule has 0 unspecified atom stereocenters. The van der Waals surface area contributed by atoms with Crippen LogP contribution >= 0.6 is 0 Å². The molecule has 5 heteroatoms. The maximum atomic E-state index is 12.2. The van der Waals surface area contributed by atoms with Gasteiger partial charge in [0.15, 0.2) is 23.8 Å². The van der Waals surface area contributed by atoms with Crippen LogP contribution in [-0.2, 0) is 14.3 Å². The molecule has 1 fully saturated rings. The van der Waals surface area contributed by atoms with Crippen molar-refractivity contribution in [3.63, 3.8) is 0 Å². The van der Waals surface area contributed by atoms with Gasteiger partial charge in [0.25, 0.3) is 0 Å². The molecular weight excluding hydrogens is 308 g/mol. The fourth-order valence-electron chi connectivity index (χ4n) is 3.64. The Bertz CT molecular complexity index is 857. The van der Waals surface area contributed by atoms with Crippen LogP contribution in [0.4, 0.5) is 0 Å². The molecule has 122 valence electrons. The molecule has 0 aromatic heterocycles. The third kappa shape index (κ3) is 1.79. The van der Waals surface area contributed by atoms with Gasteiger partial charge in [-0.1, -0.05) is 24.3 Å². The first-order chi connectivity index (χ1) is 11.5. The molecule has 2 heterocycles. The average Bonchev–Trinajstić information content (AvgIpc) is 2.89. The van der Waals surface area contributed by atoms with E-state index in [1.807, 2.05) is 36.4 Å². The van der Waals surface area contributed by atoms with Crippen molar-refractivity contribution < 1.29 is 23.7 Å². The van der Waals surface area contributed by atoms with E-state index < -0.39 is 23.8 Å². The fraction of sp³-hybridized carbons (Fsp3) is 0.316. The van der Waals surface area contributed by atoms with E-state index in [0.29, 0.717) is 11.5 Å². The minimum absolute atomic E-state index is 0.138. The highest BCUT2D eigenvalue weighted by Gasteiger charge is 2.60. The fourth-order valence-corrected chi connectivity index (χ4v) is 3.64. The zero-order chi connectivity index (χ0) is 16.5. The van der Waals surface area contributed by atoms with Gasteiger partial charge in [0.2, 0.25) is 0 Å². The molecule has 0 N–H and O–H groups in total. The first-order valence-corrected chi connectivity index (χ1v) is 7.96. The predicted molar refractivity (Wildman–Crippen MR) is 85.9 cm³/mol. The number of rotatable bonds is 0. The Hall–Kier alpha value is -2.37. The highest BCUT2D eigenvalue weighted by molar-refractivity contribution is 5.97. The molecule has 1 aliphatic carbocycles. The zero-order valence-corrected chi connectivity index (χ0v) is 13.3. The SMILES string of the molecule is CC1(C)O[C@H]2C(=O)C=CC3(Oc4cccc5cccc(c45)O3)[C@H]2O1. The van der Waals surface area contributed by atoms with Gasteiger partial charge in [-0.25, -0.2) is 0 Å². The minimum atomic E-state index is -1.21. The van der Waals surface area contributed by atoms with Crippen LogP contribution in [0.1, 0.15) is 13.8 Å². The molecule has 3 aliphatic rings. The highest BCUT2D eigenvalue weighted by Crippen LogP contribution is 2.47. The van der Waals surface area contributed by atoms with Crippen LogP contribution in [0.15, 0.2) is 48.6 Å². The van der Waals surface area contributed by atoms with Crippen LogP contribution in [0.5, 0.6) is 11.5 Å². The largest absolute Gasteiger partial charge is 0.445 e. The molecule has 5 rings (SSSR count). The number of fused-ring (bicyclic) bond motifs is 2. The normalized spacial score (nSPS) is 28.5. The molecule has 0 amide bonds. The van der Waals surface area contributed by atoms with Gasteiger partial charge in [0.1, 0.15) is 11.5 Å². The summed E-state index contributed by atoms with van der Waals surface area (Å²) in [7, 11) is 0. The minimum Gasteiger partial charge on any atom is -0.445 e. The van der Waals surface area contributed by atoms with E-state index in [0.717, 1.165) is 10.8 Å². The zero-order valence-electron chi connectivity index (χ0n) is 13.3. The highest BCUT2D eigenvalue weighted by atomic mass is 16.8. The summed E-state index contributed by atoms with van der Waals surface area (Å²) in [5.41, 5.74) is 0. The quantitative estimate of drug-likeness (QED) is 0.746. The monoisotopic (exact) mass is 324 g/mol. The molecule has 1 saturated heterocycles. The maximum Gasteiger partial charge on any atom is 0.301 e. The van der Waals surface area contributed by atoms with Crippen LogP contribution < -0.4 is 9.47 Å². The average molecular weight is 324 g/mol. The van der Waals surface area contributed by atoms with Crippen molar-refractivity contribution in [3.8, 4) is 11.5 Å². The number of hydrogen-bond donors (Lipinski definition) is 0. The molecule has 0 radical (unpaired) electrons. The van der Waals surface area contributed by atoms with Crippen LogP contribution in [0.25, 0.3) is 10.8 Å². The lowest BCUT2D eigenvalue weighted by Crippen LogP contribution is -2.59. The molecule has 24 heavy (non-hydrogen) atoms. The van der Waals surface area contributed by atoms with Crippen molar-refractivity contribution in [1.29, 1.82) is 0 Å². The summed E-state index contributed by atoms with van der Waals surface area (Å²) in [6, 6.07) is 11.7. The molecule has 0 bridgehead atoms. The lowest BCUT2D eigenvalue weighted by molar-refractivity contribution is -0.200. The second-order valence-electron chi connectivity index (χ2n) is 6.75. The van der Waals surface area contributed by atoms with Gasteiger partial charge < -0.3 is 18.9 Å². The smallest absolute Gasteiger partial charge is 0.301 e. The number of hydrogen-bond acceptors (Lipinski definition) is 5. The predicted octanol–water partition coefficient (Wildman–Crippen LogP) is 2.97. The van der Waals surface area contributed by atoms with Crippen LogP contribution in [0, 0.1) is 0 Å². The van der Waals surface area contributed by atoms with Crippen molar-refractivity contribution in [2.45, 2.75) is 37.6 Å². The van der Waals surface area contributed by atoms with Gasteiger partial charge in [-0.15, -0.1) is 0 Å². The van der Waals surface area contributed by atoms with Crippen LogP contribution in [0.2, 0.25) is 0 Å². The molecular formula is C19H16O5. The molecule has 2 aromatic rings. The first-order valence-electron chi connectivity index (χ1n) is 7.96. The van der Waals surface area contributed by atoms with E-state index in [9.17, 15) is 4.79 Å². The van der Waals surface area contributed by atoms with E-state index in [1.165, 1.54) is 6.08 Å². The molecule has 0 saturated carbocycles. The summed E-state index contributed by atoms with van der Waals surface area (Å²) in [5.74, 6) is -0.810. The molecule has 2 aromatic carbocycles. The summed E-state index contributed by atoms with van der Waals surface area (Å²) in [6.07, 6.45) is 1.68. The summed E-state index contributed by atoms with van der Waals surface area (Å²) in [6.45, 7) is 3.56. The van der Waals surface area contributed by atoms with Gasteiger partial charge in [-0.2, -0.15) is 0 Å². The van der Waals surface area contributed by atoms with E-state index in [4.69, 9.17) is 18.9 Å². The molecule has 1 spiro atoms. The van der Waals surface area contributed by atoms with Gasteiger partial charge in [0, 0.05) is 6.08 Å². The Morgan fingerprint density at radius 3 is 2.29 bits per heavy atom. The Balaban J connectivity index is 1.67. The third-order valence-corrected chi connectivity index (χ3v) is 4.62. The summed E-state index contributed by atoms with van der Waals surface area (Å²) < 4.78 is 24.2. The standard InChI is InChI=1S/C19H16O5/c1-18(2)23-16-12(20)9-10-19(17(16)24-18)21-13-7-3-5-11-6-4-8-14(22-19)15(11)13/h3-10,16-17H,1-2H3/t16-,17-/m0/s1. The lowest BCUT2D eigenvalue weighted by atomic mass is 9.93. The van der Waals surface area contributed by atoms with Gasteiger partial charge in [-0.05, 0) is 37.4 Å². The van der Waals surface area contributed by atoms with Crippen molar-refractivity contribution in [3.05, 3.63) is 48.6 Å². The van der Waals surface area contributed by atoms with Gasteiger partial charge in [-0.3, -0.25) is 4.79 Å². The second-order valence-corrected chi connectivity index (χ2v) is 6.75. The third-order valence-electron chi connectivity index (χ3n) is 4.62. The van der Waals surface area contributed by atoms with Gasteiger partial charge in [0.05, 0.1) is 5.39 Å². The summed E-state index contributed by atoms with van der Waals surface area (Å²) in [4.78, 5) is 12.2. The molecule has 5 nitrogen and oxygen atoms in total. The Kier molecular flexibility index (Phi) is 2.55. The van der Waals surface area contributed by atoms with Crippen molar-refractivity contribution in [2.24, 2.45) is 0 Å². The van der Waals surface area contributed by atoms with Crippen LogP contribution in [-0.4, -0.2) is 29.6 Å². The second kappa shape index (κ2) is 4.37. The number of carbonyl (C=O) groups excluding carboxylic acids is 1. The van der Waals surface area contributed by atoms with E-state index in [1.54, 1.807) is 19.9 Å². The van der Waals surface area contributed by atoms with Crippen molar-refractivity contribution in [2.75, 3.05) is 0 Å². The number of ether oxygens (including phenoxy) is 4. The summed E-state index contributed by atoms with van der Waals surface area (Å²) >= 11 is 0. The van der Waals surface area contributed by atoms with Crippen molar-refractivity contribution >= 4 is 16.6 Å². The number of carbonyl (C=O) groups is 1. The van der Waals surface area contributed by atoms with Gasteiger partial charge >= 0.3 is 5.79 Å². The van der Waals surface area contributed by atoms with E-state index in [2.05, 4.69) is 0 Å². The maximum absolute atomic E-state index is 12.2.